The maximum atomic E-state index is 13.0. The molecule has 0 aliphatic carbocycles. The van der Waals surface area contributed by atoms with E-state index in [0.29, 0.717) is 35.1 Å². The lowest BCUT2D eigenvalue weighted by Crippen LogP contribution is -2.37. The summed E-state index contributed by atoms with van der Waals surface area (Å²) < 4.78 is 33.8. The quantitative estimate of drug-likeness (QED) is 0.557. The molecule has 2 aromatic carbocycles. The molecule has 3 aromatic rings. The van der Waals surface area contributed by atoms with Crippen molar-refractivity contribution in [2.24, 2.45) is 5.92 Å². The molecule has 0 N–H and O–H groups in total. The van der Waals surface area contributed by atoms with Gasteiger partial charge in [0.2, 0.25) is 10.0 Å². The summed E-state index contributed by atoms with van der Waals surface area (Å²) in [6.45, 7) is 2.84. The van der Waals surface area contributed by atoms with Crippen molar-refractivity contribution in [2.45, 2.75) is 31.2 Å². The molecule has 1 aromatic heterocycles. The highest BCUT2D eigenvalue weighted by molar-refractivity contribution is 7.89. The Morgan fingerprint density at radius 2 is 1.80 bits per heavy atom. The lowest BCUT2D eigenvalue weighted by atomic mass is 10.0. The summed E-state index contributed by atoms with van der Waals surface area (Å²) in [5.41, 5.74) is 0.920. The Kier molecular flexibility index (Phi) is 5.57. The first-order valence-electron chi connectivity index (χ1n) is 9.68. The Morgan fingerprint density at radius 1 is 1.13 bits per heavy atom. The van der Waals surface area contributed by atoms with Crippen LogP contribution in [0.15, 0.2) is 56.6 Å². The van der Waals surface area contributed by atoms with Crippen molar-refractivity contribution in [3.8, 4) is 0 Å². The molecule has 4 rings (SSSR count). The van der Waals surface area contributed by atoms with Crippen LogP contribution in [0.4, 0.5) is 0 Å². The number of fused-ring (bicyclic) bond motifs is 1. The summed E-state index contributed by atoms with van der Waals surface area (Å²) in [6, 6.07) is 10.7. The average Bonchev–Trinajstić information content (AvgIpc) is 3.03. The molecule has 30 heavy (non-hydrogen) atoms. The second kappa shape index (κ2) is 8.02. The molecule has 1 aliphatic heterocycles. The second-order valence-electron chi connectivity index (χ2n) is 7.60. The Bertz CT molecular complexity index is 1250. The van der Waals surface area contributed by atoms with E-state index in [1.165, 1.54) is 27.1 Å². The van der Waals surface area contributed by atoms with E-state index >= 15 is 0 Å². The van der Waals surface area contributed by atoms with Crippen molar-refractivity contribution in [1.29, 1.82) is 0 Å². The Balaban J connectivity index is 1.63. The van der Waals surface area contributed by atoms with Gasteiger partial charge in [-0.25, -0.2) is 13.2 Å². The fraction of sp³-hybridized carbons (Fsp3) is 0.333. The number of hydrogen-bond acceptors (Lipinski definition) is 5. The molecule has 0 radical (unpaired) electrons. The van der Waals surface area contributed by atoms with Gasteiger partial charge in [-0.15, -0.1) is 0 Å². The number of Topliss-reactive ketones (excluding diaryl/α,β-unsaturated/α-hetero) is 1. The predicted octanol–water partition coefficient (Wildman–Crippen LogP) is 3.55. The number of hydrogen-bond donors (Lipinski definition) is 0. The summed E-state index contributed by atoms with van der Waals surface area (Å²) in [6.07, 6.45) is 1.64. The van der Waals surface area contributed by atoms with Crippen molar-refractivity contribution in [3.63, 3.8) is 0 Å². The van der Waals surface area contributed by atoms with E-state index in [0.717, 1.165) is 12.8 Å². The lowest BCUT2D eigenvalue weighted by molar-refractivity contribution is 0.0970. The maximum Gasteiger partial charge on any atom is 0.420 e. The van der Waals surface area contributed by atoms with Gasteiger partial charge >= 0.3 is 5.76 Å². The third-order valence-corrected chi connectivity index (χ3v) is 7.63. The van der Waals surface area contributed by atoms with Crippen LogP contribution in [0.2, 0.25) is 5.02 Å². The van der Waals surface area contributed by atoms with Crippen LogP contribution in [0, 0.1) is 5.92 Å². The van der Waals surface area contributed by atoms with Gasteiger partial charge in [0.15, 0.2) is 11.4 Å². The molecule has 7 nitrogen and oxygen atoms in total. The van der Waals surface area contributed by atoms with E-state index in [2.05, 4.69) is 6.92 Å². The van der Waals surface area contributed by atoms with E-state index in [1.54, 1.807) is 24.3 Å². The number of sulfonamides is 1. The van der Waals surface area contributed by atoms with Crippen LogP contribution in [0.3, 0.4) is 0 Å². The molecule has 1 fully saturated rings. The van der Waals surface area contributed by atoms with E-state index < -0.39 is 15.8 Å². The zero-order valence-electron chi connectivity index (χ0n) is 16.4. The molecule has 0 unspecified atom stereocenters. The first-order chi connectivity index (χ1) is 14.3. The smallest absolute Gasteiger partial charge is 0.408 e. The van der Waals surface area contributed by atoms with E-state index in [4.69, 9.17) is 16.0 Å². The summed E-state index contributed by atoms with van der Waals surface area (Å²) in [5.74, 6) is -0.492. The fourth-order valence-electron chi connectivity index (χ4n) is 3.60. The van der Waals surface area contributed by atoms with Crippen LogP contribution in [0.5, 0.6) is 0 Å². The van der Waals surface area contributed by atoms with Crippen molar-refractivity contribution < 1.29 is 17.6 Å². The first-order valence-corrected chi connectivity index (χ1v) is 11.5. The summed E-state index contributed by atoms with van der Waals surface area (Å²) >= 11 is 5.84. The number of carbonyl (C=O) groups is 1. The minimum atomic E-state index is -3.67. The Hall–Kier alpha value is -2.42. The molecule has 9 heteroatoms. The molecular weight excluding hydrogens is 428 g/mol. The van der Waals surface area contributed by atoms with Gasteiger partial charge in [-0.2, -0.15) is 4.31 Å². The fourth-order valence-corrected chi connectivity index (χ4v) is 5.21. The molecule has 158 valence electrons. The first kappa shape index (κ1) is 20.8. The molecule has 1 saturated heterocycles. The van der Waals surface area contributed by atoms with Gasteiger partial charge in [-0.05, 0) is 55.2 Å². The highest BCUT2D eigenvalue weighted by Gasteiger charge is 2.29. The van der Waals surface area contributed by atoms with E-state index in [-0.39, 0.29) is 22.8 Å². The van der Waals surface area contributed by atoms with Gasteiger partial charge in [0.25, 0.3) is 0 Å². The lowest BCUT2D eigenvalue weighted by Gasteiger charge is -2.29. The number of carbonyl (C=O) groups excluding carboxylic acids is 1. The van der Waals surface area contributed by atoms with Gasteiger partial charge in [-0.3, -0.25) is 9.36 Å². The zero-order chi connectivity index (χ0) is 21.5. The number of halogens is 1. The number of aromatic nitrogens is 1. The van der Waals surface area contributed by atoms with Gasteiger partial charge in [-0.1, -0.05) is 18.5 Å². The maximum absolute atomic E-state index is 13.0. The van der Waals surface area contributed by atoms with E-state index in [1.807, 2.05) is 0 Å². The number of ketones is 1. The molecule has 0 amide bonds. The Labute approximate surface area is 178 Å². The van der Waals surface area contributed by atoms with Crippen LogP contribution >= 0.6 is 11.6 Å². The average molecular weight is 449 g/mol. The molecule has 0 bridgehead atoms. The molecule has 2 heterocycles. The van der Waals surface area contributed by atoms with Crippen molar-refractivity contribution >= 4 is 38.5 Å². The summed E-state index contributed by atoms with van der Waals surface area (Å²) in [5, 5.41) is 0.509. The van der Waals surface area contributed by atoms with Crippen LogP contribution in [0.1, 0.15) is 30.1 Å². The van der Waals surface area contributed by atoms with Crippen molar-refractivity contribution in [1.82, 2.24) is 8.87 Å². The number of piperidine rings is 1. The largest absolute Gasteiger partial charge is 0.420 e. The zero-order valence-corrected chi connectivity index (χ0v) is 17.9. The Morgan fingerprint density at radius 3 is 2.47 bits per heavy atom. The van der Waals surface area contributed by atoms with Gasteiger partial charge in [0, 0.05) is 29.7 Å². The summed E-state index contributed by atoms with van der Waals surface area (Å²) in [4.78, 5) is 24.9. The number of benzene rings is 2. The standard InChI is InChI=1S/C21H21ClN2O5S/c1-14-8-10-23(11-9-14)30(27,28)17-6-7-18-20(12-17)29-21(26)24(18)13-19(25)15-2-4-16(22)5-3-15/h2-7,12,14H,8-11,13H2,1H3. The summed E-state index contributed by atoms with van der Waals surface area (Å²) in [7, 11) is -3.67. The highest BCUT2D eigenvalue weighted by Crippen LogP contribution is 2.26. The molecule has 0 atom stereocenters. The van der Waals surface area contributed by atoms with Crippen LogP contribution < -0.4 is 5.76 Å². The van der Waals surface area contributed by atoms with Gasteiger partial charge in [0.1, 0.15) is 0 Å². The third kappa shape index (κ3) is 3.95. The highest BCUT2D eigenvalue weighted by atomic mass is 35.5. The minimum Gasteiger partial charge on any atom is -0.408 e. The molecule has 1 aliphatic rings. The normalized spacial score (nSPS) is 16.2. The SMILES string of the molecule is CC1CCN(S(=O)(=O)c2ccc3c(c2)oc(=O)n3CC(=O)c2ccc(Cl)cc2)CC1. The number of nitrogens with zero attached hydrogens (tertiary/aromatic N) is 2. The number of oxazole rings is 1. The van der Waals surface area contributed by atoms with Crippen LogP contribution in [0.25, 0.3) is 11.1 Å². The number of rotatable bonds is 5. The van der Waals surface area contributed by atoms with Crippen molar-refractivity contribution in [2.75, 3.05) is 13.1 Å². The van der Waals surface area contributed by atoms with Crippen LogP contribution in [-0.4, -0.2) is 36.2 Å². The molecule has 0 spiro atoms. The predicted molar refractivity (Wildman–Crippen MR) is 113 cm³/mol. The molecular formula is C21H21ClN2O5S. The molecule has 0 saturated carbocycles. The van der Waals surface area contributed by atoms with Crippen LogP contribution in [-0.2, 0) is 16.6 Å². The second-order valence-corrected chi connectivity index (χ2v) is 9.97. The minimum absolute atomic E-state index is 0.0782. The van der Waals surface area contributed by atoms with Crippen molar-refractivity contribution in [3.05, 3.63) is 63.6 Å². The monoisotopic (exact) mass is 448 g/mol. The van der Waals surface area contributed by atoms with Gasteiger partial charge < -0.3 is 4.42 Å². The van der Waals surface area contributed by atoms with E-state index in [9.17, 15) is 18.0 Å². The topological polar surface area (TPSA) is 89.6 Å². The third-order valence-electron chi connectivity index (χ3n) is 5.49. The van der Waals surface area contributed by atoms with Gasteiger partial charge in [0.05, 0.1) is 17.0 Å².